The molecule has 2 aromatic carbocycles. The van der Waals surface area contributed by atoms with E-state index in [1.54, 1.807) is 38.1 Å². The summed E-state index contributed by atoms with van der Waals surface area (Å²) >= 11 is 0. The number of fused-ring (bicyclic) bond motifs is 3. The van der Waals surface area contributed by atoms with Crippen LogP contribution in [0.2, 0.25) is 0 Å². The minimum absolute atomic E-state index is 0.335. The molecule has 0 radical (unpaired) electrons. The zero-order chi connectivity index (χ0) is 22.0. The van der Waals surface area contributed by atoms with E-state index >= 15 is 0 Å². The third kappa shape index (κ3) is 2.60. The summed E-state index contributed by atoms with van der Waals surface area (Å²) in [4.78, 5) is 54.5. The summed E-state index contributed by atoms with van der Waals surface area (Å²) in [6, 6.07) is 13.9. The third-order valence-corrected chi connectivity index (χ3v) is 6.47. The summed E-state index contributed by atoms with van der Waals surface area (Å²) in [5.41, 5.74) is 0.547. The molecule has 1 aliphatic carbocycles. The highest BCUT2D eigenvalue weighted by Crippen LogP contribution is 2.42. The minimum atomic E-state index is -1.18. The minimum Gasteiger partial charge on any atom is -0.322 e. The standard InChI is InChI=1S/C23H22N4O4/c1-22(2)19(29)24-16-9-5-6-10-17(16)27(22)18(28)13-26-20(30)23(25-21(26)31)12-11-14-7-3-4-8-15(14)23/h3-10H,11-13H2,1-2H3,(H,24,29)(H,25,31). The molecule has 2 N–H and O–H groups in total. The van der Waals surface area contributed by atoms with Gasteiger partial charge >= 0.3 is 6.03 Å². The number of aryl methyl sites for hydroxylation is 1. The molecule has 2 heterocycles. The Balaban J connectivity index is 1.47. The van der Waals surface area contributed by atoms with Crippen molar-refractivity contribution < 1.29 is 19.2 Å². The highest BCUT2D eigenvalue weighted by molar-refractivity contribution is 6.16. The van der Waals surface area contributed by atoms with E-state index in [4.69, 9.17) is 0 Å². The van der Waals surface area contributed by atoms with Gasteiger partial charge in [-0.25, -0.2) is 4.79 Å². The van der Waals surface area contributed by atoms with Crippen LogP contribution in [0.3, 0.4) is 0 Å². The number of hydrogen-bond acceptors (Lipinski definition) is 4. The Labute approximate surface area is 179 Å². The molecule has 0 saturated carbocycles. The Bertz CT molecular complexity index is 1160. The van der Waals surface area contributed by atoms with E-state index in [1.807, 2.05) is 24.3 Å². The molecule has 5 amide bonds. The molecule has 1 saturated heterocycles. The van der Waals surface area contributed by atoms with Gasteiger partial charge in [-0.1, -0.05) is 36.4 Å². The first-order chi connectivity index (χ1) is 14.8. The summed E-state index contributed by atoms with van der Waals surface area (Å²) in [5, 5.41) is 5.63. The summed E-state index contributed by atoms with van der Waals surface area (Å²) < 4.78 is 0. The van der Waals surface area contributed by atoms with Crippen molar-refractivity contribution >= 4 is 35.1 Å². The monoisotopic (exact) mass is 418 g/mol. The molecule has 1 unspecified atom stereocenters. The Hall–Kier alpha value is -3.68. The van der Waals surface area contributed by atoms with Gasteiger partial charge in [0.15, 0.2) is 0 Å². The van der Waals surface area contributed by atoms with E-state index in [0.717, 1.165) is 16.0 Å². The Kier molecular flexibility index (Phi) is 3.99. The van der Waals surface area contributed by atoms with Crippen LogP contribution in [0.5, 0.6) is 0 Å². The number of carbonyl (C=O) groups is 4. The second kappa shape index (κ2) is 6.41. The number of urea groups is 1. The van der Waals surface area contributed by atoms with Crippen LogP contribution in [-0.4, -0.2) is 40.7 Å². The van der Waals surface area contributed by atoms with E-state index in [9.17, 15) is 19.2 Å². The van der Waals surface area contributed by atoms with Crippen molar-refractivity contribution in [2.24, 2.45) is 0 Å². The van der Waals surface area contributed by atoms with Gasteiger partial charge in [-0.05, 0) is 49.9 Å². The topological polar surface area (TPSA) is 98.8 Å². The van der Waals surface area contributed by atoms with Crippen LogP contribution in [0.25, 0.3) is 0 Å². The number of nitrogens with zero attached hydrogens (tertiary/aromatic N) is 2. The van der Waals surface area contributed by atoms with Crippen molar-refractivity contribution in [1.82, 2.24) is 10.2 Å². The average Bonchev–Trinajstić information content (AvgIpc) is 3.22. The predicted molar refractivity (Wildman–Crippen MR) is 113 cm³/mol. The zero-order valence-electron chi connectivity index (χ0n) is 17.3. The van der Waals surface area contributed by atoms with Crippen LogP contribution in [-0.2, 0) is 26.3 Å². The average molecular weight is 418 g/mol. The molecule has 158 valence electrons. The molecule has 8 heteroatoms. The molecule has 31 heavy (non-hydrogen) atoms. The summed E-state index contributed by atoms with van der Waals surface area (Å²) in [5.74, 6) is -1.26. The molecular formula is C23H22N4O4. The first-order valence-electron chi connectivity index (χ1n) is 10.2. The number of rotatable bonds is 2. The molecule has 1 atom stereocenters. The Morgan fingerprint density at radius 1 is 1.03 bits per heavy atom. The molecule has 5 rings (SSSR count). The fourth-order valence-electron chi connectivity index (χ4n) is 4.84. The maximum absolute atomic E-state index is 13.4. The van der Waals surface area contributed by atoms with Crippen molar-refractivity contribution in [3.8, 4) is 0 Å². The first kappa shape index (κ1) is 19.3. The maximum Gasteiger partial charge on any atom is 0.325 e. The lowest BCUT2D eigenvalue weighted by Gasteiger charge is -2.42. The predicted octanol–water partition coefficient (Wildman–Crippen LogP) is 2.14. The molecule has 3 aliphatic rings. The summed E-state index contributed by atoms with van der Waals surface area (Å²) in [6.07, 6.45) is 1.14. The van der Waals surface area contributed by atoms with Crippen LogP contribution in [0.4, 0.5) is 16.2 Å². The van der Waals surface area contributed by atoms with E-state index in [0.29, 0.717) is 24.2 Å². The Morgan fingerprint density at radius 3 is 2.55 bits per heavy atom. The molecule has 0 aromatic heterocycles. The van der Waals surface area contributed by atoms with Gasteiger partial charge in [0.05, 0.1) is 11.4 Å². The smallest absolute Gasteiger partial charge is 0.322 e. The lowest BCUT2D eigenvalue weighted by atomic mass is 9.92. The lowest BCUT2D eigenvalue weighted by molar-refractivity contribution is -0.135. The number of carbonyl (C=O) groups excluding carboxylic acids is 4. The summed E-state index contributed by atoms with van der Waals surface area (Å²) in [6.45, 7) is 2.83. The number of benzene rings is 2. The third-order valence-electron chi connectivity index (χ3n) is 6.47. The molecule has 1 fully saturated rings. The molecular weight excluding hydrogens is 396 g/mol. The van der Waals surface area contributed by atoms with Gasteiger partial charge in [-0.15, -0.1) is 0 Å². The number of para-hydroxylation sites is 2. The van der Waals surface area contributed by atoms with Crippen molar-refractivity contribution in [3.05, 3.63) is 59.7 Å². The fourth-order valence-corrected chi connectivity index (χ4v) is 4.84. The highest BCUT2D eigenvalue weighted by atomic mass is 16.2. The van der Waals surface area contributed by atoms with E-state index in [-0.39, 0.29) is 5.91 Å². The molecule has 2 aromatic rings. The molecule has 2 aliphatic heterocycles. The number of imide groups is 1. The van der Waals surface area contributed by atoms with Crippen molar-refractivity contribution in [2.45, 2.75) is 37.8 Å². The van der Waals surface area contributed by atoms with Crippen LogP contribution < -0.4 is 15.5 Å². The van der Waals surface area contributed by atoms with Gasteiger partial charge in [-0.3, -0.25) is 24.2 Å². The molecule has 8 nitrogen and oxygen atoms in total. The normalized spacial score (nSPS) is 23.5. The van der Waals surface area contributed by atoms with Gasteiger partial charge in [0, 0.05) is 0 Å². The number of anilines is 2. The first-order valence-corrected chi connectivity index (χ1v) is 10.2. The molecule has 0 bridgehead atoms. The number of hydrogen-bond donors (Lipinski definition) is 2. The largest absolute Gasteiger partial charge is 0.325 e. The van der Waals surface area contributed by atoms with Crippen LogP contribution in [0.15, 0.2) is 48.5 Å². The van der Waals surface area contributed by atoms with E-state index < -0.39 is 35.5 Å². The quantitative estimate of drug-likeness (QED) is 0.730. The van der Waals surface area contributed by atoms with Crippen LogP contribution in [0, 0.1) is 0 Å². The Morgan fingerprint density at radius 2 is 1.74 bits per heavy atom. The highest BCUT2D eigenvalue weighted by Gasteiger charge is 2.56. The van der Waals surface area contributed by atoms with Crippen LogP contribution in [0.1, 0.15) is 31.4 Å². The SMILES string of the molecule is CC1(C)C(=O)Nc2ccccc2N1C(=O)CN1C(=O)NC2(CCc3ccccc32)C1=O. The van der Waals surface area contributed by atoms with E-state index in [2.05, 4.69) is 10.6 Å². The molecule has 1 spiro atoms. The second-order valence-corrected chi connectivity index (χ2v) is 8.64. The van der Waals surface area contributed by atoms with Crippen molar-refractivity contribution in [2.75, 3.05) is 16.8 Å². The van der Waals surface area contributed by atoms with Gasteiger partial charge in [0.2, 0.25) is 11.8 Å². The van der Waals surface area contributed by atoms with Gasteiger partial charge in [0.25, 0.3) is 5.91 Å². The zero-order valence-corrected chi connectivity index (χ0v) is 17.3. The second-order valence-electron chi connectivity index (χ2n) is 8.64. The van der Waals surface area contributed by atoms with Crippen LogP contribution >= 0.6 is 0 Å². The summed E-state index contributed by atoms with van der Waals surface area (Å²) in [7, 11) is 0. The lowest BCUT2D eigenvalue weighted by Crippen LogP contribution is -2.60. The van der Waals surface area contributed by atoms with Gasteiger partial charge < -0.3 is 10.6 Å². The van der Waals surface area contributed by atoms with Gasteiger partial charge in [-0.2, -0.15) is 0 Å². The van der Waals surface area contributed by atoms with E-state index in [1.165, 1.54) is 4.90 Å². The maximum atomic E-state index is 13.4. The van der Waals surface area contributed by atoms with Crippen molar-refractivity contribution in [1.29, 1.82) is 0 Å². The fraction of sp³-hybridized carbons (Fsp3) is 0.304. The van der Waals surface area contributed by atoms with Crippen molar-refractivity contribution in [3.63, 3.8) is 0 Å². The number of amides is 5. The number of nitrogens with one attached hydrogen (secondary N) is 2. The van der Waals surface area contributed by atoms with Gasteiger partial charge in [0.1, 0.15) is 17.6 Å².